The van der Waals surface area contributed by atoms with Gasteiger partial charge in [0.05, 0.1) is 18.7 Å². The van der Waals surface area contributed by atoms with Gasteiger partial charge in [-0.3, -0.25) is 5.43 Å². The van der Waals surface area contributed by atoms with Crippen molar-refractivity contribution in [2.24, 2.45) is 5.10 Å². The molecule has 1 aromatic carbocycles. The number of hydrazone groups is 1. The van der Waals surface area contributed by atoms with Crippen LogP contribution in [0.5, 0.6) is 0 Å². The van der Waals surface area contributed by atoms with Crippen molar-refractivity contribution in [2.45, 2.75) is 0 Å². The SMILES string of the molecule is Brc1ccc(/C=N/Nc2nc(-c3ccco3)c(-c3ccco3)s2)cc1. The molecule has 0 aliphatic carbocycles. The largest absolute Gasteiger partial charge is 0.463 e. The molecule has 0 saturated heterocycles. The van der Waals surface area contributed by atoms with E-state index in [1.54, 1.807) is 18.7 Å². The maximum Gasteiger partial charge on any atom is 0.204 e. The number of hydrogen-bond acceptors (Lipinski definition) is 6. The van der Waals surface area contributed by atoms with E-state index in [9.17, 15) is 0 Å². The van der Waals surface area contributed by atoms with E-state index >= 15 is 0 Å². The molecular formula is C18H12BrN3O2S. The fourth-order valence-corrected chi connectivity index (χ4v) is 3.39. The predicted molar refractivity (Wildman–Crippen MR) is 103 cm³/mol. The summed E-state index contributed by atoms with van der Waals surface area (Å²) in [5, 5.41) is 4.91. The third kappa shape index (κ3) is 3.57. The third-order valence-electron chi connectivity index (χ3n) is 3.37. The summed E-state index contributed by atoms with van der Waals surface area (Å²) < 4.78 is 12.0. The van der Waals surface area contributed by atoms with Gasteiger partial charge in [0.2, 0.25) is 5.13 Å². The Kier molecular flexibility index (Phi) is 4.49. The van der Waals surface area contributed by atoms with Crippen LogP contribution >= 0.6 is 27.3 Å². The molecule has 5 nitrogen and oxygen atoms in total. The quantitative estimate of drug-likeness (QED) is 0.328. The minimum atomic E-state index is 0.658. The molecule has 0 fully saturated rings. The number of furan rings is 2. The Hall–Kier alpha value is -2.64. The number of halogens is 1. The molecule has 4 rings (SSSR count). The normalized spacial score (nSPS) is 11.2. The second kappa shape index (κ2) is 7.08. The molecule has 3 heterocycles. The number of hydrogen-bond donors (Lipinski definition) is 1. The zero-order valence-electron chi connectivity index (χ0n) is 12.8. The Bertz CT molecular complexity index is 922. The molecule has 3 aromatic heterocycles. The first-order valence-electron chi connectivity index (χ1n) is 7.43. The third-order valence-corrected chi connectivity index (χ3v) is 4.87. The summed E-state index contributed by atoms with van der Waals surface area (Å²) in [4.78, 5) is 5.48. The van der Waals surface area contributed by atoms with E-state index in [-0.39, 0.29) is 0 Å². The first-order chi connectivity index (χ1) is 12.3. The van der Waals surface area contributed by atoms with E-state index in [1.807, 2.05) is 48.5 Å². The van der Waals surface area contributed by atoms with Crippen LogP contribution in [-0.2, 0) is 0 Å². The van der Waals surface area contributed by atoms with Crippen LogP contribution in [0, 0.1) is 0 Å². The van der Waals surface area contributed by atoms with Crippen LogP contribution < -0.4 is 5.43 Å². The number of nitrogens with one attached hydrogen (secondary N) is 1. The number of rotatable bonds is 5. The lowest BCUT2D eigenvalue weighted by Gasteiger charge is -1.95. The highest BCUT2D eigenvalue weighted by molar-refractivity contribution is 9.10. The number of thiazole rings is 1. The monoisotopic (exact) mass is 413 g/mol. The van der Waals surface area contributed by atoms with E-state index in [4.69, 9.17) is 8.83 Å². The zero-order chi connectivity index (χ0) is 17.1. The molecule has 0 aliphatic heterocycles. The van der Waals surface area contributed by atoms with Crippen molar-refractivity contribution in [3.05, 3.63) is 71.1 Å². The summed E-state index contributed by atoms with van der Waals surface area (Å²) >= 11 is 4.87. The first kappa shape index (κ1) is 15.9. The lowest BCUT2D eigenvalue weighted by atomic mass is 10.2. The Morgan fingerprint density at radius 1 is 1.00 bits per heavy atom. The van der Waals surface area contributed by atoms with Crippen molar-refractivity contribution in [1.29, 1.82) is 0 Å². The van der Waals surface area contributed by atoms with Gasteiger partial charge in [0.1, 0.15) is 16.3 Å². The summed E-state index contributed by atoms with van der Waals surface area (Å²) in [7, 11) is 0. The maximum atomic E-state index is 5.51. The topological polar surface area (TPSA) is 63.6 Å². The number of nitrogens with zero attached hydrogens (tertiary/aromatic N) is 2. The zero-order valence-corrected chi connectivity index (χ0v) is 15.3. The first-order valence-corrected chi connectivity index (χ1v) is 9.04. The molecular weight excluding hydrogens is 402 g/mol. The summed E-state index contributed by atoms with van der Waals surface area (Å²) in [6.45, 7) is 0. The van der Waals surface area contributed by atoms with Crippen molar-refractivity contribution in [3.8, 4) is 22.1 Å². The lowest BCUT2D eigenvalue weighted by Crippen LogP contribution is -1.89. The standard InChI is InChI=1S/C18H12BrN3O2S/c19-13-7-5-12(6-8-13)11-20-22-18-21-16(14-3-1-9-23-14)17(25-18)15-4-2-10-24-15/h1-11H,(H,21,22)/b20-11+. The van der Waals surface area contributed by atoms with Crippen LogP contribution in [0.25, 0.3) is 22.1 Å². The molecule has 0 amide bonds. The molecule has 7 heteroatoms. The Morgan fingerprint density at radius 2 is 1.72 bits per heavy atom. The highest BCUT2D eigenvalue weighted by atomic mass is 79.9. The minimum Gasteiger partial charge on any atom is -0.463 e. The fourth-order valence-electron chi connectivity index (χ4n) is 2.23. The molecule has 0 unspecified atom stereocenters. The van der Waals surface area contributed by atoms with Gasteiger partial charge in [0, 0.05) is 4.47 Å². The van der Waals surface area contributed by atoms with Crippen LogP contribution in [0.3, 0.4) is 0 Å². The van der Waals surface area contributed by atoms with Gasteiger partial charge in [0.25, 0.3) is 0 Å². The van der Waals surface area contributed by atoms with Crippen LogP contribution in [0.2, 0.25) is 0 Å². The summed E-state index contributed by atoms with van der Waals surface area (Å²) in [5.41, 5.74) is 4.69. The van der Waals surface area contributed by atoms with Crippen molar-refractivity contribution >= 4 is 38.6 Å². The molecule has 4 aromatic rings. The molecule has 0 atom stereocenters. The van der Waals surface area contributed by atoms with E-state index in [1.165, 1.54) is 11.3 Å². The second-order valence-corrected chi connectivity index (χ2v) is 6.99. The van der Waals surface area contributed by atoms with Crippen LogP contribution in [-0.4, -0.2) is 11.2 Å². The van der Waals surface area contributed by atoms with Gasteiger partial charge < -0.3 is 8.83 Å². The van der Waals surface area contributed by atoms with E-state index in [0.29, 0.717) is 10.9 Å². The summed E-state index contributed by atoms with van der Waals surface area (Å²) in [6, 6.07) is 15.3. The Labute approximate surface area is 156 Å². The van der Waals surface area contributed by atoms with Gasteiger partial charge in [-0.25, -0.2) is 4.98 Å². The van der Waals surface area contributed by atoms with Crippen LogP contribution in [0.15, 0.2) is 79.5 Å². The van der Waals surface area contributed by atoms with E-state index < -0.39 is 0 Å². The minimum absolute atomic E-state index is 0.658. The highest BCUT2D eigenvalue weighted by Gasteiger charge is 2.18. The molecule has 25 heavy (non-hydrogen) atoms. The lowest BCUT2D eigenvalue weighted by molar-refractivity contribution is 0.575. The summed E-state index contributed by atoms with van der Waals surface area (Å²) in [6.07, 6.45) is 5.01. The molecule has 0 aliphatic rings. The molecule has 0 radical (unpaired) electrons. The average molecular weight is 414 g/mol. The maximum absolute atomic E-state index is 5.51. The molecule has 0 spiro atoms. The average Bonchev–Trinajstić information content (AvgIpc) is 3.37. The number of anilines is 1. The number of aromatic nitrogens is 1. The molecule has 1 N–H and O–H groups in total. The number of benzene rings is 1. The van der Waals surface area contributed by atoms with Gasteiger partial charge in [-0.15, -0.1) is 0 Å². The molecule has 0 saturated carbocycles. The van der Waals surface area contributed by atoms with Gasteiger partial charge in [-0.1, -0.05) is 39.4 Å². The molecule has 124 valence electrons. The molecule has 0 bridgehead atoms. The van der Waals surface area contributed by atoms with Gasteiger partial charge in [-0.05, 0) is 42.0 Å². The van der Waals surface area contributed by atoms with Gasteiger partial charge in [-0.2, -0.15) is 5.10 Å². The van der Waals surface area contributed by atoms with Crippen molar-refractivity contribution in [1.82, 2.24) is 4.98 Å². The van der Waals surface area contributed by atoms with Crippen LogP contribution in [0.4, 0.5) is 5.13 Å². The Morgan fingerprint density at radius 3 is 2.40 bits per heavy atom. The second-order valence-electron chi connectivity index (χ2n) is 5.07. The van der Waals surface area contributed by atoms with E-state index in [2.05, 4.69) is 31.4 Å². The van der Waals surface area contributed by atoms with E-state index in [0.717, 1.165) is 26.4 Å². The van der Waals surface area contributed by atoms with Crippen molar-refractivity contribution < 1.29 is 8.83 Å². The Balaban J connectivity index is 1.60. The fraction of sp³-hybridized carbons (Fsp3) is 0. The van der Waals surface area contributed by atoms with Crippen molar-refractivity contribution in [2.75, 3.05) is 5.43 Å². The van der Waals surface area contributed by atoms with Gasteiger partial charge >= 0.3 is 0 Å². The smallest absolute Gasteiger partial charge is 0.204 e. The van der Waals surface area contributed by atoms with Gasteiger partial charge in [0.15, 0.2) is 5.76 Å². The van der Waals surface area contributed by atoms with Crippen LogP contribution in [0.1, 0.15) is 5.56 Å². The highest BCUT2D eigenvalue weighted by Crippen LogP contribution is 2.39. The predicted octanol–water partition coefficient (Wildman–Crippen LogP) is 5.87. The van der Waals surface area contributed by atoms with Crippen molar-refractivity contribution in [3.63, 3.8) is 0 Å². The summed E-state index contributed by atoms with van der Waals surface area (Å²) in [5.74, 6) is 1.43.